The molecule has 2 heterocycles. The molecular weight excluding hydrogens is 478 g/mol. The predicted octanol–water partition coefficient (Wildman–Crippen LogP) is 3.94. The van der Waals surface area contributed by atoms with Crippen molar-refractivity contribution in [2.75, 3.05) is 30.8 Å². The second-order valence-electron chi connectivity index (χ2n) is 7.66. The lowest BCUT2D eigenvalue weighted by molar-refractivity contribution is -0.121. The van der Waals surface area contributed by atoms with Crippen LogP contribution in [0.25, 0.3) is 0 Å². The van der Waals surface area contributed by atoms with Gasteiger partial charge in [-0.15, -0.1) is 10.2 Å². The summed E-state index contributed by atoms with van der Waals surface area (Å²) in [6, 6.07) is 13.9. The number of aromatic nitrogens is 2. The largest absolute Gasteiger partial charge is 0.495 e. The molecule has 0 spiro atoms. The van der Waals surface area contributed by atoms with Crippen LogP contribution in [0.3, 0.4) is 0 Å². The van der Waals surface area contributed by atoms with Gasteiger partial charge in [-0.3, -0.25) is 14.4 Å². The molecule has 4 rings (SSSR count). The highest BCUT2D eigenvalue weighted by Gasteiger charge is 2.31. The summed E-state index contributed by atoms with van der Waals surface area (Å²) < 4.78 is 5.28. The predicted molar refractivity (Wildman–Crippen MR) is 130 cm³/mol. The van der Waals surface area contributed by atoms with Crippen LogP contribution in [0.5, 0.6) is 5.75 Å². The van der Waals surface area contributed by atoms with Crippen LogP contribution in [0.4, 0.5) is 11.4 Å². The molecule has 0 radical (unpaired) electrons. The average molecular weight is 500 g/mol. The molecule has 1 saturated heterocycles. The lowest BCUT2D eigenvalue weighted by Gasteiger charge is -2.31. The number of benzene rings is 2. The Morgan fingerprint density at radius 3 is 2.68 bits per heavy atom. The second-order valence-corrected chi connectivity index (χ2v) is 9.07. The van der Waals surface area contributed by atoms with Gasteiger partial charge in [-0.2, -0.15) is 0 Å². The van der Waals surface area contributed by atoms with Crippen LogP contribution >= 0.6 is 22.9 Å². The van der Waals surface area contributed by atoms with E-state index in [4.69, 9.17) is 16.3 Å². The van der Waals surface area contributed by atoms with E-state index in [1.807, 2.05) is 12.1 Å². The first-order valence-electron chi connectivity index (χ1n) is 10.6. The molecule has 1 unspecified atom stereocenters. The van der Waals surface area contributed by atoms with E-state index in [1.54, 1.807) is 41.3 Å². The summed E-state index contributed by atoms with van der Waals surface area (Å²) in [5.41, 5.74) is 1.10. The molecule has 3 aromatic rings. The summed E-state index contributed by atoms with van der Waals surface area (Å²) in [5, 5.41) is 14.0. The van der Waals surface area contributed by atoms with Crippen molar-refractivity contribution in [2.45, 2.75) is 12.8 Å². The molecular formula is C23H22ClN5O4S. The number of anilines is 2. The molecule has 2 N–H and O–H groups in total. The van der Waals surface area contributed by atoms with Crippen LogP contribution in [0.1, 0.15) is 32.4 Å². The summed E-state index contributed by atoms with van der Waals surface area (Å²) in [6.45, 7) is 0.754. The number of ether oxygens (including phenoxy) is 1. The fourth-order valence-electron chi connectivity index (χ4n) is 3.65. The average Bonchev–Trinajstić information content (AvgIpc) is 3.34. The Bertz CT molecular complexity index is 1220. The second kappa shape index (κ2) is 10.6. The Labute approximate surface area is 205 Å². The molecule has 3 amide bonds. The van der Waals surface area contributed by atoms with Gasteiger partial charge in [0.25, 0.3) is 11.8 Å². The minimum Gasteiger partial charge on any atom is -0.495 e. The molecule has 1 fully saturated rings. The van der Waals surface area contributed by atoms with Gasteiger partial charge in [0.05, 0.1) is 18.7 Å². The monoisotopic (exact) mass is 499 g/mol. The quantitative estimate of drug-likeness (QED) is 0.531. The number of nitrogens with zero attached hydrogens (tertiary/aromatic N) is 3. The molecule has 176 valence electrons. The zero-order chi connectivity index (χ0) is 24.1. The molecule has 1 aromatic heterocycles. The van der Waals surface area contributed by atoms with Crippen molar-refractivity contribution in [2.24, 2.45) is 5.92 Å². The minimum atomic E-state index is -0.480. The Morgan fingerprint density at radius 1 is 1.09 bits per heavy atom. The van der Waals surface area contributed by atoms with Crippen LogP contribution in [0.15, 0.2) is 48.5 Å². The lowest BCUT2D eigenvalue weighted by atomic mass is 9.97. The van der Waals surface area contributed by atoms with Crippen molar-refractivity contribution in [3.8, 4) is 5.75 Å². The van der Waals surface area contributed by atoms with E-state index in [9.17, 15) is 14.4 Å². The molecule has 0 bridgehead atoms. The highest BCUT2D eigenvalue weighted by Crippen LogP contribution is 2.26. The third kappa shape index (κ3) is 5.52. The number of halogens is 1. The smallest absolute Gasteiger partial charge is 0.286 e. The molecule has 1 atom stereocenters. The number of carbonyl (C=O) groups is 3. The maximum atomic E-state index is 13.0. The van der Waals surface area contributed by atoms with Gasteiger partial charge in [-0.05, 0) is 43.2 Å². The third-order valence-corrected chi connectivity index (χ3v) is 6.47. The van der Waals surface area contributed by atoms with Gasteiger partial charge < -0.3 is 20.3 Å². The molecule has 1 aliphatic heterocycles. The third-order valence-electron chi connectivity index (χ3n) is 5.33. The summed E-state index contributed by atoms with van der Waals surface area (Å²) in [6.07, 6.45) is 1.34. The summed E-state index contributed by atoms with van der Waals surface area (Å²) in [7, 11) is 1.54. The Balaban J connectivity index is 1.39. The number of likely N-dealkylation sites (tertiary alicyclic amines) is 1. The van der Waals surface area contributed by atoms with E-state index >= 15 is 0 Å². The number of rotatable bonds is 6. The van der Waals surface area contributed by atoms with Crippen molar-refractivity contribution in [3.05, 3.63) is 63.6 Å². The summed E-state index contributed by atoms with van der Waals surface area (Å²) in [4.78, 5) is 39.9. The van der Waals surface area contributed by atoms with Gasteiger partial charge in [0, 0.05) is 23.8 Å². The van der Waals surface area contributed by atoms with Crippen molar-refractivity contribution < 1.29 is 19.1 Å². The van der Waals surface area contributed by atoms with E-state index in [0.29, 0.717) is 41.5 Å². The number of carbonyl (C=O) groups excluding carboxylic acids is 3. The maximum absolute atomic E-state index is 13.0. The highest BCUT2D eigenvalue weighted by atomic mass is 35.5. The first-order valence-corrected chi connectivity index (χ1v) is 11.8. The standard InChI is InChI=1S/C23H22ClN5O4S/c1-33-18-10-3-2-9-17(18)26-19(30)14-6-5-11-29(13-14)23(32)22-28-27-21(34-22)20(31)25-16-8-4-7-15(24)12-16/h2-4,7-10,12,14H,5-6,11,13H2,1H3,(H,25,31)(H,26,30). The van der Waals surface area contributed by atoms with Gasteiger partial charge in [-0.25, -0.2) is 0 Å². The van der Waals surface area contributed by atoms with Crippen molar-refractivity contribution in [1.82, 2.24) is 15.1 Å². The van der Waals surface area contributed by atoms with Crippen LogP contribution in [-0.2, 0) is 4.79 Å². The topological polar surface area (TPSA) is 114 Å². The fraction of sp³-hybridized carbons (Fsp3) is 0.261. The van der Waals surface area contributed by atoms with Gasteiger partial charge in [0.2, 0.25) is 15.9 Å². The fourth-order valence-corrected chi connectivity index (χ4v) is 4.54. The number of methoxy groups -OCH3 is 1. The Kier molecular flexibility index (Phi) is 7.39. The van der Waals surface area contributed by atoms with E-state index in [2.05, 4.69) is 20.8 Å². The van der Waals surface area contributed by atoms with Crippen LogP contribution in [-0.4, -0.2) is 53.0 Å². The lowest BCUT2D eigenvalue weighted by Crippen LogP contribution is -2.43. The molecule has 2 aromatic carbocycles. The zero-order valence-corrected chi connectivity index (χ0v) is 19.9. The Morgan fingerprint density at radius 2 is 1.88 bits per heavy atom. The van der Waals surface area contributed by atoms with Crippen LogP contribution in [0.2, 0.25) is 5.02 Å². The van der Waals surface area contributed by atoms with Crippen molar-refractivity contribution in [3.63, 3.8) is 0 Å². The van der Waals surface area contributed by atoms with E-state index < -0.39 is 5.91 Å². The number of hydrogen-bond acceptors (Lipinski definition) is 7. The highest BCUT2D eigenvalue weighted by molar-refractivity contribution is 7.15. The number of amides is 3. The van der Waals surface area contributed by atoms with Crippen molar-refractivity contribution in [1.29, 1.82) is 0 Å². The molecule has 11 heteroatoms. The summed E-state index contributed by atoms with van der Waals surface area (Å²) >= 11 is 6.85. The normalized spacial score (nSPS) is 15.5. The Hall–Kier alpha value is -3.50. The van der Waals surface area contributed by atoms with E-state index in [1.165, 1.54) is 7.11 Å². The van der Waals surface area contributed by atoms with Gasteiger partial charge in [0.15, 0.2) is 0 Å². The SMILES string of the molecule is COc1ccccc1NC(=O)C1CCCN(C(=O)c2nnc(C(=O)Nc3cccc(Cl)c3)s2)C1. The molecule has 9 nitrogen and oxygen atoms in total. The molecule has 0 aliphatic carbocycles. The first kappa shape index (κ1) is 23.7. The van der Waals surface area contributed by atoms with Crippen molar-refractivity contribution >= 4 is 52.0 Å². The maximum Gasteiger partial charge on any atom is 0.286 e. The molecule has 34 heavy (non-hydrogen) atoms. The van der Waals surface area contributed by atoms with E-state index in [-0.39, 0.29) is 34.3 Å². The minimum absolute atomic E-state index is 0.0609. The van der Waals surface area contributed by atoms with Gasteiger partial charge >= 0.3 is 0 Å². The van der Waals surface area contributed by atoms with E-state index in [0.717, 1.165) is 11.3 Å². The zero-order valence-electron chi connectivity index (χ0n) is 18.3. The summed E-state index contributed by atoms with van der Waals surface area (Å²) in [5.74, 6) is -0.820. The van der Waals surface area contributed by atoms with Gasteiger partial charge in [-0.1, -0.05) is 41.1 Å². The van der Waals surface area contributed by atoms with Crippen LogP contribution < -0.4 is 15.4 Å². The molecule has 1 aliphatic rings. The number of para-hydroxylation sites is 2. The number of nitrogens with one attached hydrogen (secondary N) is 2. The van der Waals surface area contributed by atoms with Gasteiger partial charge in [0.1, 0.15) is 5.75 Å². The molecule has 0 saturated carbocycles. The first-order chi connectivity index (χ1) is 16.4. The van der Waals surface area contributed by atoms with Crippen LogP contribution in [0, 0.1) is 5.92 Å². The number of piperidine rings is 1. The number of hydrogen-bond donors (Lipinski definition) is 2.